The zero-order valence-corrected chi connectivity index (χ0v) is 12.0. The van der Waals surface area contributed by atoms with Crippen LogP contribution in [-0.4, -0.2) is 7.11 Å². The topological polar surface area (TPSA) is 47.3 Å². The quantitative estimate of drug-likeness (QED) is 0.841. The molecule has 100 valence electrons. The number of nitrogens with two attached hydrogens (primary N) is 1. The first kappa shape index (κ1) is 13.7. The summed E-state index contributed by atoms with van der Waals surface area (Å²) in [5.41, 5.74) is 7.33. The summed E-state index contributed by atoms with van der Waals surface area (Å²) >= 11 is 3.43. The van der Waals surface area contributed by atoms with Gasteiger partial charge in [-0.15, -0.1) is 0 Å². The van der Waals surface area contributed by atoms with Crippen molar-refractivity contribution in [1.29, 1.82) is 0 Å². The van der Waals surface area contributed by atoms with Gasteiger partial charge in [-0.25, -0.2) is 4.39 Å². The Morgan fingerprint density at radius 3 is 2.68 bits per heavy atom. The molecule has 0 aromatic heterocycles. The number of nitrogen functional groups attached to an aromatic ring is 1. The highest BCUT2D eigenvalue weighted by atomic mass is 79.9. The van der Waals surface area contributed by atoms with Gasteiger partial charge in [0.1, 0.15) is 11.6 Å². The van der Waals surface area contributed by atoms with Gasteiger partial charge in [0.2, 0.25) is 0 Å². The Balaban J connectivity index is 2.05. The number of hydrogen-bond acceptors (Lipinski definition) is 3. The molecule has 0 saturated carbocycles. The van der Waals surface area contributed by atoms with E-state index in [1.807, 2.05) is 18.2 Å². The van der Waals surface area contributed by atoms with Gasteiger partial charge in [-0.05, 0) is 51.8 Å². The van der Waals surface area contributed by atoms with Crippen molar-refractivity contribution in [1.82, 2.24) is 0 Å². The highest BCUT2D eigenvalue weighted by Crippen LogP contribution is 2.26. The standard InChI is InChI=1S/C14H14BrFN2O/c1-19-14-5-2-9(6-11(14)15)8-18-10-3-4-13(17)12(16)7-10/h2-7,18H,8,17H2,1H3. The normalized spacial score (nSPS) is 10.3. The lowest BCUT2D eigenvalue weighted by atomic mass is 10.2. The van der Waals surface area contributed by atoms with E-state index in [-0.39, 0.29) is 5.69 Å². The van der Waals surface area contributed by atoms with Gasteiger partial charge >= 0.3 is 0 Å². The lowest BCUT2D eigenvalue weighted by Crippen LogP contribution is -2.01. The molecule has 0 atom stereocenters. The van der Waals surface area contributed by atoms with E-state index >= 15 is 0 Å². The van der Waals surface area contributed by atoms with E-state index in [4.69, 9.17) is 10.5 Å². The van der Waals surface area contributed by atoms with Crippen molar-refractivity contribution in [2.24, 2.45) is 0 Å². The van der Waals surface area contributed by atoms with Crippen LogP contribution in [0.4, 0.5) is 15.8 Å². The number of rotatable bonds is 4. The van der Waals surface area contributed by atoms with Gasteiger partial charge in [-0.1, -0.05) is 6.07 Å². The first-order valence-electron chi connectivity index (χ1n) is 5.71. The molecule has 2 aromatic carbocycles. The van der Waals surface area contributed by atoms with Crippen LogP contribution >= 0.6 is 15.9 Å². The molecule has 0 aliphatic rings. The number of benzene rings is 2. The Morgan fingerprint density at radius 1 is 1.26 bits per heavy atom. The van der Waals surface area contributed by atoms with E-state index < -0.39 is 5.82 Å². The van der Waals surface area contributed by atoms with Gasteiger partial charge in [-0.2, -0.15) is 0 Å². The van der Waals surface area contributed by atoms with Crippen molar-refractivity contribution >= 4 is 27.3 Å². The van der Waals surface area contributed by atoms with Crippen LogP contribution in [0.5, 0.6) is 5.75 Å². The molecule has 2 aromatic rings. The maximum atomic E-state index is 13.3. The molecule has 0 spiro atoms. The van der Waals surface area contributed by atoms with E-state index in [1.54, 1.807) is 19.2 Å². The number of methoxy groups -OCH3 is 1. The van der Waals surface area contributed by atoms with Crippen LogP contribution < -0.4 is 15.8 Å². The van der Waals surface area contributed by atoms with E-state index in [0.29, 0.717) is 12.2 Å². The fourth-order valence-corrected chi connectivity index (χ4v) is 2.25. The fraction of sp³-hybridized carbons (Fsp3) is 0.143. The number of anilines is 2. The largest absolute Gasteiger partial charge is 0.496 e. The van der Waals surface area contributed by atoms with Gasteiger partial charge in [0, 0.05) is 12.2 Å². The van der Waals surface area contributed by atoms with Crippen LogP contribution in [-0.2, 0) is 6.54 Å². The van der Waals surface area contributed by atoms with Crippen LogP contribution in [0, 0.1) is 5.82 Å². The van der Waals surface area contributed by atoms with E-state index in [2.05, 4.69) is 21.2 Å². The van der Waals surface area contributed by atoms with Crippen molar-refractivity contribution in [3.05, 3.63) is 52.3 Å². The predicted octanol–water partition coefficient (Wildman–Crippen LogP) is 3.79. The minimum absolute atomic E-state index is 0.151. The molecule has 0 fully saturated rings. The summed E-state index contributed by atoms with van der Waals surface area (Å²) in [6, 6.07) is 10.5. The molecule has 0 aliphatic heterocycles. The molecule has 0 radical (unpaired) electrons. The molecule has 0 saturated heterocycles. The van der Waals surface area contributed by atoms with Gasteiger partial charge in [0.25, 0.3) is 0 Å². The first-order chi connectivity index (χ1) is 9.10. The number of hydrogen-bond donors (Lipinski definition) is 2. The van der Waals surface area contributed by atoms with Crippen LogP contribution in [0.1, 0.15) is 5.56 Å². The maximum absolute atomic E-state index is 13.3. The predicted molar refractivity (Wildman–Crippen MR) is 78.8 cm³/mol. The SMILES string of the molecule is COc1ccc(CNc2ccc(N)c(F)c2)cc1Br. The highest BCUT2D eigenvalue weighted by molar-refractivity contribution is 9.10. The summed E-state index contributed by atoms with van der Waals surface area (Å²) in [4.78, 5) is 0. The number of ether oxygens (including phenoxy) is 1. The second-order valence-electron chi connectivity index (χ2n) is 4.06. The van der Waals surface area contributed by atoms with Gasteiger partial charge in [-0.3, -0.25) is 0 Å². The number of nitrogens with one attached hydrogen (secondary N) is 1. The minimum Gasteiger partial charge on any atom is -0.496 e. The van der Waals surface area contributed by atoms with Crippen molar-refractivity contribution in [3.8, 4) is 5.75 Å². The summed E-state index contributed by atoms with van der Waals surface area (Å²) in [6.45, 7) is 0.589. The molecule has 3 nitrogen and oxygen atoms in total. The molecule has 0 bridgehead atoms. The average Bonchev–Trinajstić information content (AvgIpc) is 2.40. The molecule has 0 heterocycles. The van der Waals surface area contributed by atoms with Crippen LogP contribution in [0.15, 0.2) is 40.9 Å². The Kier molecular flexibility index (Phi) is 4.27. The fourth-order valence-electron chi connectivity index (χ4n) is 1.66. The maximum Gasteiger partial charge on any atom is 0.148 e. The minimum atomic E-state index is -0.416. The summed E-state index contributed by atoms with van der Waals surface area (Å²) < 4.78 is 19.3. The van der Waals surface area contributed by atoms with Gasteiger partial charge in [0.05, 0.1) is 17.3 Å². The van der Waals surface area contributed by atoms with Crippen LogP contribution in [0.2, 0.25) is 0 Å². The third-order valence-electron chi connectivity index (χ3n) is 2.71. The van der Waals surface area contributed by atoms with E-state index in [1.165, 1.54) is 6.07 Å². The first-order valence-corrected chi connectivity index (χ1v) is 6.51. The Morgan fingerprint density at radius 2 is 2.05 bits per heavy atom. The molecular weight excluding hydrogens is 311 g/mol. The smallest absolute Gasteiger partial charge is 0.148 e. The van der Waals surface area contributed by atoms with Crippen LogP contribution in [0.3, 0.4) is 0 Å². The van der Waals surface area contributed by atoms with E-state index in [9.17, 15) is 4.39 Å². The molecule has 5 heteroatoms. The average molecular weight is 325 g/mol. The molecule has 0 aliphatic carbocycles. The Labute approximate surface area is 119 Å². The molecular formula is C14H14BrFN2O. The molecule has 2 rings (SSSR count). The van der Waals surface area contributed by atoms with Crippen LogP contribution in [0.25, 0.3) is 0 Å². The van der Waals surface area contributed by atoms with Crippen molar-refractivity contribution < 1.29 is 9.13 Å². The zero-order valence-electron chi connectivity index (χ0n) is 10.4. The lowest BCUT2D eigenvalue weighted by Gasteiger charge is -2.09. The summed E-state index contributed by atoms with van der Waals surface area (Å²) in [5, 5.41) is 3.14. The summed E-state index contributed by atoms with van der Waals surface area (Å²) in [6.07, 6.45) is 0. The third-order valence-corrected chi connectivity index (χ3v) is 3.33. The van der Waals surface area contributed by atoms with Crippen molar-refractivity contribution in [3.63, 3.8) is 0 Å². The Bertz CT molecular complexity index is 590. The zero-order chi connectivity index (χ0) is 13.8. The van der Waals surface area contributed by atoms with Gasteiger partial charge in [0.15, 0.2) is 0 Å². The van der Waals surface area contributed by atoms with Crippen molar-refractivity contribution in [2.45, 2.75) is 6.54 Å². The molecule has 0 amide bonds. The third kappa shape index (κ3) is 3.38. The van der Waals surface area contributed by atoms with Gasteiger partial charge < -0.3 is 15.8 Å². The number of halogens is 2. The van der Waals surface area contributed by atoms with Crippen molar-refractivity contribution in [2.75, 3.05) is 18.2 Å². The monoisotopic (exact) mass is 324 g/mol. The van der Waals surface area contributed by atoms with E-state index in [0.717, 1.165) is 15.8 Å². The molecule has 19 heavy (non-hydrogen) atoms. The molecule has 3 N–H and O–H groups in total. The lowest BCUT2D eigenvalue weighted by molar-refractivity contribution is 0.412. The second-order valence-corrected chi connectivity index (χ2v) is 4.91. The Hall–Kier alpha value is -1.75. The molecule has 0 unspecified atom stereocenters. The summed E-state index contributed by atoms with van der Waals surface area (Å²) in [7, 11) is 1.62. The highest BCUT2D eigenvalue weighted by Gasteiger charge is 2.03. The second kappa shape index (κ2) is 5.93. The summed E-state index contributed by atoms with van der Waals surface area (Å²) in [5.74, 6) is 0.364.